The first-order valence-corrected chi connectivity index (χ1v) is 34.1. The van der Waals surface area contributed by atoms with Gasteiger partial charge in [-0.15, -0.1) is 0 Å². The van der Waals surface area contributed by atoms with Crippen molar-refractivity contribution in [3.05, 3.63) is 146 Å². The third-order valence-electron chi connectivity index (χ3n) is 13.4. The molecule has 0 aromatic rings. The molecule has 0 fully saturated rings. The van der Waals surface area contributed by atoms with Crippen LogP contribution in [0.1, 0.15) is 245 Å². The maximum atomic E-state index is 12.9. The van der Waals surface area contributed by atoms with Crippen molar-refractivity contribution in [1.82, 2.24) is 0 Å². The monoisotopic (exact) mass is 1160 g/mol. The van der Waals surface area contributed by atoms with E-state index < -0.39 is 26.5 Å². The van der Waals surface area contributed by atoms with Gasteiger partial charge in [0.05, 0.1) is 27.7 Å². The summed E-state index contributed by atoms with van der Waals surface area (Å²) in [6.07, 6.45) is 90.7. The first kappa shape index (κ1) is 77.9. The van der Waals surface area contributed by atoms with Crippen LogP contribution in [-0.4, -0.2) is 74.9 Å². The van der Waals surface area contributed by atoms with Gasteiger partial charge in [-0.2, -0.15) is 0 Å². The average molecular weight is 1160 g/mol. The van der Waals surface area contributed by atoms with Crippen LogP contribution >= 0.6 is 7.82 Å². The number of carbonyl (C=O) groups is 2. The van der Waals surface area contributed by atoms with E-state index in [0.717, 1.165) is 135 Å². The second-order valence-corrected chi connectivity index (χ2v) is 23.8. The lowest BCUT2D eigenvalue weighted by molar-refractivity contribution is -0.870. The van der Waals surface area contributed by atoms with Crippen LogP contribution in [0.15, 0.2) is 146 Å². The standard InChI is InChI=1S/C72H120NO8P/c1-6-8-10-12-14-16-18-20-22-24-26-28-30-32-33-34-35-36-37-38-39-41-43-45-47-49-51-53-55-57-59-61-63-65-72(75)81-70(69-80-82(76,77)79-67-66-73(3,4)5)68-78-71(74)64-62-60-58-56-54-52-50-48-46-44-42-40-31-29-27-25-23-21-19-17-15-13-11-9-7-2/h8-11,14-17,20-23,26-29,32-33,35-36,40,42,46,48,70H,6-7,12-13,18-19,24-25,30-31,34,37-39,41,43-45,47,49-69H2,1-5H3/p+1/b10-8-,11-9-,16-14-,17-15-,22-20-,23-21-,28-26-,29-27-,33-32-,36-35-,42-40-,48-46-. The first-order chi connectivity index (χ1) is 40.0. The normalized spacial score (nSPS) is 14.2. The van der Waals surface area contributed by atoms with Gasteiger partial charge >= 0.3 is 19.8 Å². The smallest absolute Gasteiger partial charge is 0.462 e. The summed E-state index contributed by atoms with van der Waals surface area (Å²) in [5.74, 6) is -0.821. The van der Waals surface area contributed by atoms with E-state index in [1.54, 1.807) is 0 Å². The van der Waals surface area contributed by atoms with Crippen molar-refractivity contribution in [2.75, 3.05) is 47.5 Å². The van der Waals surface area contributed by atoms with Crippen molar-refractivity contribution < 1.29 is 42.1 Å². The molecule has 0 aliphatic carbocycles. The molecule has 0 bridgehead atoms. The number of ether oxygens (including phenoxy) is 2. The quantitative estimate of drug-likeness (QED) is 0.0211. The maximum Gasteiger partial charge on any atom is 0.472 e. The van der Waals surface area contributed by atoms with E-state index in [9.17, 15) is 19.0 Å². The summed E-state index contributed by atoms with van der Waals surface area (Å²) >= 11 is 0. The van der Waals surface area contributed by atoms with Crippen molar-refractivity contribution in [1.29, 1.82) is 0 Å². The third kappa shape index (κ3) is 65.0. The molecule has 0 saturated carbocycles. The van der Waals surface area contributed by atoms with Crippen LogP contribution in [0.5, 0.6) is 0 Å². The molecule has 9 nitrogen and oxygen atoms in total. The molecule has 1 N–H and O–H groups in total. The predicted molar refractivity (Wildman–Crippen MR) is 353 cm³/mol. The van der Waals surface area contributed by atoms with E-state index in [1.165, 1.54) is 70.6 Å². The second kappa shape index (κ2) is 61.5. The van der Waals surface area contributed by atoms with Gasteiger partial charge < -0.3 is 18.9 Å². The highest BCUT2D eigenvalue weighted by Gasteiger charge is 2.27. The summed E-state index contributed by atoms with van der Waals surface area (Å²) in [5, 5.41) is 0. The Morgan fingerprint density at radius 1 is 0.378 bits per heavy atom. The van der Waals surface area contributed by atoms with Gasteiger partial charge in [-0.3, -0.25) is 18.6 Å². The fourth-order valence-corrected chi connectivity index (χ4v) is 9.18. The summed E-state index contributed by atoms with van der Waals surface area (Å²) in [4.78, 5) is 35.8. The SMILES string of the molecule is CC/C=C\C/C=C\C/C=C\C/C=C\C/C=C\C/C=C\CCCCCCCCCCCCCCCCC(=O)OC(COC(=O)CCCCCCCC/C=C\C/C=C\C/C=C\C/C=C\C/C=C\C/C=C\CC)COP(=O)(O)OCC[N+](C)(C)C. The number of hydrogen-bond donors (Lipinski definition) is 1. The Bertz CT molecular complexity index is 1890. The molecular formula is C72H121NO8P+. The summed E-state index contributed by atoms with van der Waals surface area (Å²) < 4.78 is 34.7. The van der Waals surface area contributed by atoms with Crippen LogP contribution in [0, 0.1) is 0 Å². The third-order valence-corrected chi connectivity index (χ3v) is 14.3. The summed E-state index contributed by atoms with van der Waals surface area (Å²) in [6.45, 7) is 4.18. The van der Waals surface area contributed by atoms with Crippen LogP contribution in [-0.2, 0) is 32.7 Å². The number of carbonyl (C=O) groups excluding carboxylic acids is 2. The molecule has 0 aromatic carbocycles. The zero-order valence-corrected chi connectivity index (χ0v) is 53.8. The lowest BCUT2D eigenvalue weighted by Gasteiger charge is -2.24. The predicted octanol–water partition coefficient (Wildman–Crippen LogP) is 21.0. The van der Waals surface area contributed by atoms with E-state index >= 15 is 0 Å². The summed E-state index contributed by atoms with van der Waals surface area (Å²) in [6, 6.07) is 0. The van der Waals surface area contributed by atoms with Crippen molar-refractivity contribution in [3.8, 4) is 0 Å². The van der Waals surface area contributed by atoms with Crippen LogP contribution in [0.25, 0.3) is 0 Å². The van der Waals surface area contributed by atoms with E-state index in [4.69, 9.17) is 18.5 Å². The molecule has 10 heteroatoms. The van der Waals surface area contributed by atoms with Gasteiger partial charge in [0.15, 0.2) is 6.10 Å². The fourth-order valence-electron chi connectivity index (χ4n) is 8.43. The van der Waals surface area contributed by atoms with Crippen LogP contribution < -0.4 is 0 Å². The number of phosphoric ester groups is 1. The molecule has 0 aromatic heterocycles. The Balaban J connectivity index is 4.15. The van der Waals surface area contributed by atoms with E-state index in [2.05, 4.69) is 160 Å². The molecule has 0 aliphatic rings. The Labute approximate surface area is 503 Å². The molecule has 2 unspecified atom stereocenters. The fraction of sp³-hybridized carbons (Fsp3) is 0.639. The Kier molecular flexibility index (Phi) is 58.4. The molecule has 466 valence electrons. The topological polar surface area (TPSA) is 108 Å². The van der Waals surface area contributed by atoms with Gasteiger partial charge in [0, 0.05) is 12.8 Å². The summed E-state index contributed by atoms with van der Waals surface area (Å²) in [5.41, 5.74) is 0. The molecule has 0 spiro atoms. The molecule has 0 saturated heterocycles. The Morgan fingerprint density at radius 2 is 0.659 bits per heavy atom. The van der Waals surface area contributed by atoms with Crippen LogP contribution in [0.3, 0.4) is 0 Å². The number of likely N-dealkylation sites (N-methyl/N-ethyl adjacent to an activating group) is 1. The highest BCUT2D eigenvalue weighted by Crippen LogP contribution is 2.43. The molecule has 0 aliphatic heterocycles. The lowest BCUT2D eigenvalue weighted by atomic mass is 10.0. The first-order valence-electron chi connectivity index (χ1n) is 32.6. The van der Waals surface area contributed by atoms with Crippen LogP contribution in [0.4, 0.5) is 0 Å². The molecule has 2 atom stereocenters. The van der Waals surface area contributed by atoms with E-state index in [-0.39, 0.29) is 32.0 Å². The number of unbranched alkanes of at least 4 members (excludes halogenated alkanes) is 20. The molecular weight excluding hydrogens is 1040 g/mol. The summed E-state index contributed by atoms with van der Waals surface area (Å²) in [7, 11) is 1.45. The van der Waals surface area contributed by atoms with E-state index in [0.29, 0.717) is 23.9 Å². The minimum atomic E-state index is -4.40. The minimum absolute atomic E-state index is 0.0218. The van der Waals surface area contributed by atoms with Crippen LogP contribution in [0.2, 0.25) is 0 Å². The number of rotatable bonds is 58. The van der Waals surface area contributed by atoms with Crippen molar-refractivity contribution in [3.63, 3.8) is 0 Å². The molecule has 0 amide bonds. The average Bonchev–Trinajstić information content (AvgIpc) is 3.46. The number of phosphoric acid groups is 1. The molecule has 0 rings (SSSR count). The number of hydrogen-bond acceptors (Lipinski definition) is 7. The van der Waals surface area contributed by atoms with Gasteiger partial charge in [-0.25, -0.2) is 4.57 Å². The molecule has 0 radical (unpaired) electrons. The molecule has 0 heterocycles. The maximum absolute atomic E-state index is 12.9. The zero-order valence-electron chi connectivity index (χ0n) is 52.9. The van der Waals surface area contributed by atoms with Gasteiger partial charge in [0.1, 0.15) is 19.8 Å². The van der Waals surface area contributed by atoms with Crippen molar-refractivity contribution in [2.24, 2.45) is 0 Å². The second-order valence-electron chi connectivity index (χ2n) is 22.4. The zero-order chi connectivity index (χ0) is 59.8. The Morgan fingerprint density at radius 3 is 0.976 bits per heavy atom. The Hall–Kier alpha value is -4.11. The highest BCUT2D eigenvalue weighted by atomic mass is 31.2. The van der Waals surface area contributed by atoms with Gasteiger partial charge in [0.2, 0.25) is 0 Å². The number of quaternary nitrogens is 1. The van der Waals surface area contributed by atoms with Gasteiger partial charge in [-0.05, 0) is 116 Å². The number of esters is 2. The van der Waals surface area contributed by atoms with Gasteiger partial charge in [0.25, 0.3) is 0 Å². The van der Waals surface area contributed by atoms with E-state index in [1.807, 2.05) is 21.1 Å². The highest BCUT2D eigenvalue weighted by molar-refractivity contribution is 7.47. The minimum Gasteiger partial charge on any atom is -0.462 e. The largest absolute Gasteiger partial charge is 0.472 e. The molecule has 82 heavy (non-hydrogen) atoms. The number of nitrogens with zero attached hydrogens (tertiary/aromatic N) is 1. The number of allylic oxidation sites excluding steroid dienone is 24. The lowest BCUT2D eigenvalue weighted by Crippen LogP contribution is -2.37. The van der Waals surface area contributed by atoms with Crippen molar-refractivity contribution >= 4 is 19.8 Å². The van der Waals surface area contributed by atoms with Crippen molar-refractivity contribution in [2.45, 2.75) is 251 Å². The van der Waals surface area contributed by atoms with Gasteiger partial charge in [-0.1, -0.05) is 262 Å².